The molecule has 2 unspecified atom stereocenters. The smallest absolute Gasteiger partial charge is 0.232 e. The topological polar surface area (TPSA) is 69.2 Å². The van der Waals surface area contributed by atoms with Gasteiger partial charge in [-0.1, -0.05) is 5.16 Å². The molecule has 22 heavy (non-hydrogen) atoms. The first-order valence-corrected chi connectivity index (χ1v) is 7.89. The summed E-state index contributed by atoms with van der Waals surface area (Å²) in [5.41, 5.74) is 1.25. The van der Waals surface area contributed by atoms with E-state index in [-0.39, 0.29) is 5.92 Å². The van der Waals surface area contributed by atoms with Gasteiger partial charge in [0.25, 0.3) is 0 Å². The molecule has 4 heterocycles. The summed E-state index contributed by atoms with van der Waals surface area (Å²) in [6.45, 7) is 7.30. The summed E-state index contributed by atoms with van der Waals surface area (Å²) in [5.74, 6) is 2.22. The molecule has 4 rings (SSSR count). The second-order valence-electron chi connectivity index (χ2n) is 6.31. The molecule has 2 aliphatic heterocycles. The van der Waals surface area contributed by atoms with Crippen LogP contribution in [-0.2, 0) is 17.8 Å². The van der Waals surface area contributed by atoms with Gasteiger partial charge >= 0.3 is 0 Å². The highest BCUT2D eigenvalue weighted by Crippen LogP contribution is 2.25. The predicted octanol–water partition coefficient (Wildman–Crippen LogP) is 1.21. The van der Waals surface area contributed by atoms with Crippen molar-refractivity contribution >= 4 is 0 Å². The molecule has 118 valence electrons. The zero-order chi connectivity index (χ0) is 14.9. The van der Waals surface area contributed by atoms with Crippen molar-refractivity contribution in [3.8, 4) is 0 Å². The van der Waals surface area contributed by atoms with Crippen molar-refractivity contribution in [2.75, 3.05) is 26.3 Å². The Hall–Kier alpha value is -1.73. The molecule has 1 fully saturated rings. The van der Waals surface area contributed by atoms with Crippen molar-refractivity contribution in [2.24, 2.45) is 5.92 Å². The quantitative estimate of drug-likeness (QED) is 0.849. The number of aromatic nitrogens is 4. The number of hydrogen-bond donors (Lipinski definition) is 0. The van der Waals surface area contributed by atoms with Gasteiger partial charge in [-0.2, -0.15) is 10.1 Å². The Labute approximate surface area is 129 Å². The fourth-order valence-corrected chi connectivity index (χ4v) is 3.40. The number of rotatable bonds is 3. The van der Waals surface area contributed by atoms with Crippen molar-refractivity contribution in [2.45, 2.75) is 32.4 Å². The van der Waals surface area contributed by atoms with Gasteiger partial charge in [0.1, 0.15) is 0 Å². The van der Waals surface area contributed by atoms with Crippen molar-refractivity contribution in [1.82, 2.24) is 24.8 Å². The maximum Gasteiger partial charge on any atom is 0.232 e. The Bertz CT molecular complexity index is 631. The second kappa shape index (κ2) is 5.81. The van der Waals surface area contributed by atoms with Crippen LogP contribution in [0.4, 0.5) is 0 Å². The van der Waals surface area contributed by atoms with Crippen molar-refractivity contribution in [3.63, 3.8) is 0 Å². The molecule has 0 aliphatic carbocycles. The van der Waals surface area contributed by atoms with E-state index in [0.29, 0.717) is 17.6 Å². The minimum Gasteiger partial charge on any atom is -0.381 e. The summed E-state index contributed by atoms with van der Waals surface area (Å²) in [6.07, 6.45) is 3.02. The number of fused-ring (bicyclic) bond motifs is 1. The summed E-state index contributed by atoms with van der Waals surface area (Å²) >= 11 is 0. The van der Waals surface area contributed by atoms with E-state index >= 15 is 0 Å². The molecule has 0 radical (unpaired) electrons. The largest absolute Gasteiger partial charge is 0.381 e. The molecule has 1 saturated heterocycles. The van der Waals surface area contributed by atoms with E-state index in [0.717, 1.165) is 45.8 Å². The fraction of sp³-hybridized carbons (Fsp3) is 0.667. The standard InChI is InChI=1S/C15H21N5O2/c1-11-17-15(22-18-11)13-7-19(6-12-3-5-21-10-12)9-14-2-4-16-20(14)8-13/h2,4,12-13H,3,5-10H2,1H3. The van der Waals surface area contributed by atoms with Crippen LogP contribution in [0.5, 0.6) is 0 Å². The molecule has 0 saturated carbocycles. The number of nitrogens with zero attached hydrogens (tertiary/aromatic N) is 5. The van der Waals surface area contributed by atoms with Crippen LogP contribution >= 0.6 is 0 Å². The highest BCUT2D eigenvalue weighted by molar-refractivity contribution is 5.06. The lowest BCUT2D eigenvalue weighted by Gasteiger charge is -2.24. The first kappa shape index (κ1) is 13.9. The Morgan fingerprint density at radius 2 is 2.32 bits per heavy atom. The van der Waals surface area contributed by atoms with Crippen LogP contribution in [0.3, 0.4) is 0 Å². The molecule has 0 aromatic carbocycles. The van der Waals surface area contributed by atoms with Crippen molar-refractivity contribution < 1.29 is 9.26 Å². The molecule has 0 spiro atoms. The van der Waals surface area contributed by atoms with E-state index in [4.69, 9.17) is 9.26 Å². The summed E-state index contributed by atoms with van der Waals surface area (Å²) < 4.78 is 13.0. The maximum absolute atomic E-state index is 5.51. The third kappa shape index (κ3) is 2.78. The van der Waals surface area contributed by atoms with Gasteiger partial charge in [0, 0.05) is 32.4 Å². The van der Waals surface area contributed by atoms with Gasteiger partial charge in [-0.3, -0.25) is 9.58 Å². The molecule has 2 aliphatic rings. The molecule has 0 amide bonds. The average molecular weight is 303 g/mol. The van der Waals surface area contributed by atoms with E-state index in [2.05, 4.69) is 30.9 Å². The normalized spacial score (nSPS) is 26.0. The molecular weight excluding hydrogens is 282 g/mol. The lowest BCUT2D eigenvalue weighted by atomic mass is 10.1. The van der Waals surface area contributed by atoms with E-state index in [1.165, 1.54) is 5.69 Å². The monoisotopic (exact) mass is 303 g/mol. The van der Waals surface area contributed by atoms with Gasteiger partial charge in [0.2, 0.25) is 5.89 Å². The minimum atomic E-state index is 0.185. The van der Waals surface area contributed by atoms with Gasteiger partial charge in [-0.05, 0) is 25.3 Å². The van der Waals surface area contributed by atoms with Crippen molar-refractivity contribution in [3.05, 3.63) is 29.7 Å². The number of ether oxygens (including phenoxy) is 1. The van der Waals surface area contributed by atoms with Gasteiger partial charge in [0.15, 0.2) is 5.82 Å². The fourth-order valence-electron chi connectivity index (χ4n) is 3.40. The van der Waals surface area contributed by atoms with Gasteiger partial charge in [-0.25, -0.2) is 0 Å². The molecule has 2 aromatic rings. The Morgan fingerprint density at radius 3 is 3.09 bits per heavy atom. The third-order valence-electron chi connectivity index (χ3n) is 4.49. The van der Waals surface area contributed by atoms with Crippen molar-refractivity contribution in [1.29, 1.82) is 0 Å². The first-order chi connectivity index (χ1) is 10.8. The van der Waals surface area contributed by atoms with E-state index in [1.807, 2.05) is 13.1 Å². The number of aryl methyl sites for hydroxylation is 1. The minimum absolute atomic E-state index is 0.185. The molecule has 0 N–H and O–H groups in total. The third-order valence-corrected chi connectivity index (χ3v) is 4.49. The van der Waals surface area contributed by atoms with E-state index < -0.39 is 0 Å². The lowest BCUT2D eigenvalue weighted by Crippen LogP contribution is -2.32. The van der Waals surface area contributed by atoms with Gasteiger partial charge in [-0.15, -0.1) is 0 Å². The molecule has 2 aromatic heterocycles. The number of hydrogen-bond acceptors (Lipinski definition) is 6. The summed E-state index contributed by atoms with van der Waals surface area (Å²) in [5, 5.41) is 8.38. The zero-order valence-corrected chi connectivity index (χ0v) is 12.8. The predicted molar refractivity (Wildman–Crippen MR) is 78.2 cm³/mol. The van der Waals surface area contributed by atoms with E-state index in [9.17, 15) is 0 Å². The van der Waals surface area contributed by atoms with Gasteiger partial charge < -0.3 is 9.26 Å². The van der Waals surface area contributed by atoms with Crippen LogP contribution in [0, 0.1) is 12.8 Å². The Morgan fingerprint density at radius 1 is 1.36 bits per heavy atom. The molecule has 7 heteroatoms. The van der Waals surface area contributed by atoms with Gasteiger partial charge in [0.05, 0.1) is 24.8 Å². The summed E-state index contributed by atoms with van der Waals surface area (Å²) in [6, 6.07) is 2.10. The zero-order valence-electron chi connectivity index (χ0n) is 12.8. The molecule has 0 bridgehead atoms. The molecular formula is C15H21N5O2. The SMILES string of the molecule is Cc1noc(C2CN(CC3CCOC3)Cc3ccnn3C2)n1. The average Bonchev–Trinajstić information content (AvgIpc) is 3.21. The van der Waals surface area contributed by atoms with Crippen LogP contribution in [0.2, 0.25) is 0 Å². The Balaban J connectivity index is 1.56. The van der Waals surface area contributed by atoms with Crippen LogP contribution in [-0.4, -0.2) is 51.1 Å². The second-order valence-corrected chi connectivity index (χ2v) is 6.31. The summed E-state index contributed by atoms with van der Waals surface area (Å²) in [7, 11) is 0. The highest BCUT2D eigenvalue weighted by Gasteiger charge is 2.29. The molecule has 7 nitrogen and oxygen atoms in total. The van der Waals surface area contributed by atoms with Crippen LogP contribution in [0.1, 0.15) is 29.7 Å². The highest BCUT2D eigenvalue weighted by atomic mass is 16.5. The van der Waals surface area contributed by atoms with Crippen LogP contribution in [0.25, 0.3) is 0 Å². The maximum atomic E-state index is 5.51. The summed E-state index contributed by atoms with van der Waals surface area (Å²) in [4.78, 5) is 6.91. The van der Waals surface area contributed by atoms with E-state index in [1.54, 1.807) is 0 Å². The lowest BCUT2D eigenvalue weighted by molar-refractivity contribution is 0.160. The Kier molecular flexibility index (Phi) is 3.67. The first-order valence-electron chi connectivity index (χ1n) is 7.89. The van der Waals surface area contributed by atoms with Crippen LogP contribution < -0.4 is 0 Å². The molecule has 2 atom stereocenters. The van der Waals surface area contributed by atoms with Crippen LogP contribution in [0.15, 0.2) is 16.8 Å².